The molecule has 0 aromatic heterocycles. The first kappa shape index (κ1) is 15.5. The Bertz CT molecular complexity index is 296. The Labute approximate surface area is 122 Å². The van der Waals surface area contributed by atoms with Gasteiger partial charge in [0.2, 0.25) is 5.96 Å². The summed E-state index contributed by atoms with van der Waals surface area (Å²) in [6.07, 6.45) is 5.24. The van der Waals surface area contributed by atoms with Gasteiger partial charge in [-0.25, -0.2) is 10.8 Å². The minimum absolute atomic E-state index is 0.636. The van der Waals surface area contributed by atoms with E-state index in [0.29, 0.717) is 13.2 Å². The lowest BCUT2D eigenvalue weighted by molar-refractivity contribution is 0.195. The predicted octanol–water partition coefficient (Wildman–Crippen LogP) is 0.260. The Kier molecular flexibility index (Phi) is 6.56. The van der Waals surface area contributed by atoms with Crippen molar-refractivity contribution in [1.29, 1.82) is 0 Å². The summed E-state index contributed by atoms with van der Waals surface area (Å²) in [5.41, 5.74) is 2.73. The minimum Gasteiger partial charge on any atom is -0.383 e. The fraction of sp³-hybridized carbons (Fsp3) is 0.929. The highest BCUT2D eigenvalue weighted by atomic mass is 16.5. The summed E-state index contributed by atoms with van der Waals surface area (Å²) in [4.78, 5) is 9.34. The molecule has 116 valence electrons. The third-order valence-corrected chi connectivity index (χ3v) is 4.32. The van der Waals surface area contributed by atoms with Gasteiger partial charge in [-0.05, 0) is 44.7 Å². The van der Waals surface area contributed by atoms with E-state index >= 15 is 0 Å². The van der Waals surface area contributed by atoms with E-state index in [2.05, 4.69) is 20.2 Å². The highest BCUT2D eigenvalue weighted by molar-refractivity contribution is 5.79. The molecule has 0 amide bonds. The van der Waals surface area contributed by atoms with Crippen LogP contribution in [0.2, 0.25) is 0 Å². The molecular weight excluding hydrogens is 254 g/mol. The summed E-state index contributed by atoms with van der Waals surface area (Å²) in [5.74, 6) is 7.22. The molecule has 6 nitrogen and oxygen atoms in total. The molecule has 6 heteroatoms. The molecule has 0 atom stereocenters. The molecule has 0 spiro atoms. The standard InChI is InChI=1S/C14H29N5O/c1-20-11-6-16-14(17-15)19-9-4-13(5-10-19)12-18-7-2-3-8-18/h13H,2-12,15H2,1H3,(H,16,17). The van der Waals surface area contributed by atoms with Gasteiger partial charge in [0, 0.05) is 26.7 Å². The van der Waals surface area contributed by atoms with Crippen molar-refractivity contribution in [3.05, 3.63) is 0 Å². The summed E-state index contributed by atoms with van der Waals surface area (Å²) in [7, 11) is 1.69. The summed E-state index contributed by atoms with van der Waals surface area (Å²) in [6, 6.07) is 0. The average molecular weight is 283 g/mol. The van der Waals surface area contributed by atoms with Crippen LogP contribution in [0.3, 0.4) is 0 Å². The Balaban J connectivity index is 1.72. The van der Waals surface area contributed by atoms with Crippen LogP contribution >= 0.6 is 0 Å². The number of piperidine rings is 1. The van der Waals surface area contributed by atoms with Crippen LogP contribution in [0.25, 0.3) is 0 Å². The monoisotopic (exact) mass is 283 g/mol. The zero-order valence-electron chi connectivity index (χ0n) is 12.7. The van der Waals surface area contributed by atoms with E-state index in [1.54, 1.807) is 7.11 Å². The topological polar surface area (TPSA) is 66.1 Å². The fourth-order valence-corrected chi connectivity index (χ4v) is 3.14. The normalized spacial score (nSPS) is 22.5. The van der Waals surface area contributed by atoms with Gasteiger partial charge in [0.15, 0.2) is 0 Å². The fourth-order valence-electron chi connectivity index (χ4n) is 3.14. The second-order valence-corrected chi connectivity index (χ2v) is 5.78. The van der Waals surface area contributed by atoms with E-state index in [4.69, 9.17) is 10.6 Å². The minimum atomic E-state index is 0.636. The maximum atomic E-state index is 5.58. The van der Waals surface area contributed by atoms with Crippen LogP contribution in [0.5, 0.6) is 0 Å². The number of aliphatic imine (C=N–C) groups is 1. The van der Waals surface area contributed by atoms with Crippen LogP contribution in [0.15, 0.2) is 4.99 Å². The number of rotatable bonds is 5. The van der Waals surface area contributed by atoms with Gasteiger partial charge in [0.1, 0.15) is 0 Å². The molecule has 2 fully saturated rings. The van der Waals surface area contributed by atoms with Gasteiger partial charge in [-0.2, -0.15) is 0 Å². The molecule has 2 heterocycles. The van der Waals surface area contributed by atoms with Crippen molar-refractivity contribution in [1.82, 2.24) is 15.2 Å². The van der Waals surface area contributed by atoms with E-state index in [1.807, 2.05) is 0 Å². The number of hydrazine groups is 1. The SMILES string of the molecule is COCCN=C(NN)N1CCC(CN2CCCC2)CC1. The molecule has 2 saturated heterocycles. The summed E-state index contributed by atoms with van der Waals surface area (Å²) < 4.78 is 5.02. The third-order valence-electron chi connectivity index (χ3n) is 4.32. The van der Waals surface area contributed by atoms with Crippen molar-refractivity contribution in [3.63, 3.8) is 0 Å². The smallest absolute Gasteiger partial charge is 0.208 e. The molecule has 0 aliphatic carbocycles. The molecule has 0 unspecified atom stereocenters. The van der Waals surface area contributed by atoms with Crippen LogP contribution in [-0.4, -0.2) is 68.7 Å². The van der Waals surface area contributed by atoms with Gasteiger partial charge in [-0.15, -0.1) is 0 Å². The lowest BCUT2D eigenvalue weighted by Crippen LogP contribution is -2.49. The molecule has 0 aromatic carbocycles. The number of nitrogens with one attached hydrogen (secondary N) is 1. The van der Waals surface area contributed by atoms with Gasteiger partial charge in [0.25, 0.3) is 0 Å². The van der Waals surface area contributed by atoms with Gasteiger partial charge < -0.3 is 14.5 Å². The molecule has 0 bridgehead atoms. The first-order valence-electron chi connectivity index (χ1n) is 7.80. The highest BCUT2D eigenvalue weighted by Gasteiger charge is 2.24. The second-order valence-electron chi connectivity index (χ2n) is 5.78. The van der Waals surface area contributed by atoms with Crippen LogP contribution in [0, 0.1) is 5.92 Å². The number of ether oxygens (including phenoxy) is 1. The Morgan fingerprint density at radius 2 is 1.95 bits per heavy atom. The molecule has 3 N–H and O–H groups in total. The van der Waals surface area contributed by atoms with Crippen LogP contribution in [0.1, 0.15) is 25.7 Å². The van der Waals surface area contributed by atoms with E-state index in [1.165, 1.54) is 45.3 Å². The van der Waals surface area contributed by atoms with Crippen LogP contribution in [-0.2, 0) is 4.74 Å². The van der Waals surface area contributed by atoms with Crippen molar-refractivity contribution in [2.75, 3.05) is 53.0 Å². The first-order chi connectivity index (χ1) is 9.83. The lowest BCUT2D eigenvalue weighted by Gasteiger charge is -2.35. The van der Waals surface area contributed by atoms with Crippen molar-refractivity contribution < 1.29 is 4.74 Å². The number of hydrogen-bond donors (Lipinski definition) is 2. The average Bonchev–Trinajstić information content (AvgIpc) is 2.98. The Morgan fingerprint density at radius 3 is 2.55 bits per heavy atom. The molecule has 0 saturated carbocycles. The van der Waals surface area contributed by atoms with Crippen molar-refractivity contribution in [3.8, 4) is 0 Å². The zero-order valence-corrected chi connectivity index (χ0v) is 12.7. The van der Waals surface area contributed by atoms with Gasteiger partial charge in [-0.1, -0.05) is 0 Å². The molecule has 2 rings (SSSR count). The Hall–Kier alpha value is -0.850. The quantitative estimate of drug-likeness (QED) is 0.249. The van der Waals surface area contributed by atoms with Crippen LogP contribution < -0.4 is 11.3 Å². The molecular formula is C14H29N5O. The van der Waals surface area contributed by atoms with Crippen molar-refractivity contribution in [2.24, 2.45) is 16.8 Å². The van der Waals surface area contributed by atoms with E-state index in [-0.39, 0.29) is 0 Å². The summed E-state index contributed by atoms with van der Waals surface area (Å²) >= 11 is 0. The molecule has 2 aliphatic rings. The number of nitrogens with zero attached hydrogens (tertiary/aromatic N) is 3. The summed E-state index contributed by atoms with van der Waals surface area (Å²) in [5, 5.41) is 0. The maximum absolute atomic E-state index is 5.58. The van der Waals surface area contributed by atoms with E-state index in [0.717, 1.165) is 25.0 Å². The van der Waals surface area contributed by atoms with Gasteiger partial charge in [-0.3, -0.25) is 5.43 Å². The predicted molar refractivity (Wildman–Crippen MR) is 81.5 cm³/mol. The largest absolute Gasteiger partial charge is 0.383 e. The highest BCUT2D eigenvalue weighted by Crippen LogP contribution is 2.20. The molecule has 0 radical (unpaired) electrons. The third kappa shape index (κ3) is 4.61. The van der Waals surface area contributed by atoms with Gasteiger partial charge in [0.05, 0.1) is 13.2 Å². The van der Waals surface area contributed by atoms with Crippen molar-refractivity contribution in [2.45, 2.75) is 25.7 Å². The number of nitrogens with two attached hydrogens (primary N) is 1. The van der Waals surface area contributed by atoms with E-state index in [9.17, 15) is 0 Å². The second kappa shape index (κ2) is 8.44. The maximum Gasteiger partial charge on any atom is 0.208 e. The number of likely N-dealkylation sites (tertiary alicyclic amines) is 2. The molecule has 2 aliphatic heterocycles. The Morgan fingerprint density at radius 1 is 1.25 bits per heavy atom. The van der Waals surface area contributed by atoms with E-state index < -0.39 is 0 Å². The van der Waals surface area contributed by atoms with Gasteiger partial charge >= 0.3 is 0 Å². The number of hydrogen-bond acceptors (Lipinski definition) is 4. The van der Waals surface area contributed by atoms with Crippen molar-refractivity contribution >= 4 is 5.96 Å². The molecule has 20 heavy (non-hydrogen) atoms. The lowest BCUT2D eigenvalue weighted by atomic mass is 9.96. The first-order valence-corrected chi connectivity index (χ1v) is 7.80. The molecule has 0 aromatic rings. The summed E-state index contributed by atoms with van der Waals surface area (Å²) in [6.45, 7) is 7.27. The number of methoxy groups -OCH3 is 1. The number of guanidine groups is 1. The zero-order chi connectivity index (χ0) is 14.2. The van der Waals surface area contributed by atoms with Crippen LogP contribution in [0.4, 0.5) is 0 Å².